The van der Waals surface area contributed by atoms with Crippen molar-refractivity contribution >= 4 is 33.3 Å². The van der Waals surface area contributed by atoms with E-state index in [4.69, 9.17) is 11.6 Å². The number of rotatable bonds is 9. The highest BCUT2D eigenvalue weighted by Crippen LogP contribution is 2.49. The first-order valence-electron chi connectivity index (χ1n) is 11.4. The number of halogens is 2. The van der Waals surface area contributed by atoms with Crippen LogP contribution in [0.1, 0.15) is 53.4 Å². The van der Waals surface area contributed by atoms with Crippen LogP contribution in [0, 0.1) is 5.82 Å². The number of carbonyl (C=O) groups is 2. The Morgan fingerprint density at radius 1 is 1.33 bits per heavy atom. The van der Waals surface area contributed by atoms with Crippen molar-refractivity contribution < 1.29 is 32.6 Å². The number of nitrogens with zero attached hydrogens (tertiary/aromatic N) is 3. The zero-order valence-corrected chi connectivity index (χ0v) is 21.4. The molecular formula is C23H28ClFN4O6S. The zero-order chi connectivity index (χ0) is 26.5. The van der Waals surface area contributed by atoms with Gasteiger partial charge < -0.3 is 25.0 Å². The van der Waals surface area contributed by atoms with E-state index in [2.05, 4.69) is 10.3 Å². The molecule has 2 aliphatic rings. The summed E-state index contributed by atoms with van der Waals surface area (Å²) in [4.78, 5) is 31.4. The van der Waals surface area contributed by atoms with Crippen LogP contribution in [0.25, 0.3) is 0 Å². The first kappa shape index (κ1) is 26.5. The van der Waals surface area contributed by atoms with Crippen LogP contribution in [0.3, 0.4) is 0 Å². The van der Waals surface area contributed by atoms with Gasteiger partial charge in [-0.2, -0.15) is 0 Å². The maximum absolute atomic E-state index is 13.6. The lowest BCUT2D eigenvalue weighted by molar-refractivity contribution is 0.0665. The number of nitrogens with one attached hydrogen (secondary N) is 1. The standard InChI is InChI=1S/C23H28ClFN4O6S/c1-22(2,18(31)12-30)36(34,35)23(5-6-23)13-28-7-8-29-17(21(28)33)11-26-19(29)20(32)27-10-14-3-4-15(24)16(25)9-14/h3-4,9,11,18,30-31H,5-8,10,12-13H2,1-2H3,(H,27,32)/t18-/m0/s1. The van der Waals surface area contributed by atoms with Crippen molar-refractivity contribution in [1.29, 1.82) is 0 Å². The summed E-state index contributed by atoms with van der Waals surface area (Å²) in [5, 5.41) is 22.1. The first-order chi connectivity index (χ1) is 16.8. The van der Waals surface area contributed by atoms with Crippen LogP contribution in [0.5, 0.6) is 0 Å². The Hall–Kier alpha value is -2.54. The van der Waals surface area contributed by atoms with Crippen molar-refractivity contribution in [3.63, 3.8) is 0 Å². The predicted octanol–water partition coefficient (Wildman–Crippen LogP) is 1.14. The molecule has 36 heavy (non-hydrogen) atoms. The smallest absolute Gasteiger partial charge is 0.287 e. The van der Waals surface area contributed by atoms with Crippen LogP contribution in [0.2, 0.25) is 5.02 Å². The normalized spacial score (nSPS) is 18.1. The molecule has 1 atom stereocenters. The van der Waals surface area contributed by atoms with Crippen molar-refractivity contribution in [2.75, 3.05) is 19.7 Å². The molecule has 0 spiro atoms. The van der Waals surface area contributed by atoms with E-state index >= 15 is 0 Å². The molecule has 0 radical (unpaired) electrons. The van der Waals surface area contributed by atoms with Crippen LogP contribution < -0.4 is 5.32 Å². The van der Waals surface area contributed by atoms with Gasteiger partial charge in [0, 0.05) is 26.2 Å². The third kappa shape index (κ3) is 4.40. The van der Waals surface area contributed by atoms with E-state index in [1.165, 1.54) is 41.6 Å². The summed E-state index contributed by atoms with van der Waals surface area (Å²) in [5.74, 6) is -1.57. The lowest BCUT2D eigenvalue weighted by Crippen LogP contribution is -2.55. The highest BCUT2D eigenvalue weighted by molar-refractivity contribution is 7.94. The maximum Gasteiger partial charge on any atom is 0.287 e. The molecule has 13 heteroatoms. The molecule has 1 aromatic carbocycles. The van der Waals surface area contributed by atoms with Gasteiger partial charge in [0.05, 0.1) is 33.4 Å². The van der Waals surface area contributed by atoms with Gasteiger partial charge in [0.1, 0.15) is 11.5 Å². The Bertz CT molecular complexity index is 1310. The van der Waals surface area contributed by atoms with Gasteiger partial charge >= 0.3 is 0 Å². The van der Waals surface area contributed by atoms with Gasteiger partial charge in [0.25, 0.3) is 11.8 Å². The number of benzene rings is 1. The molecule has 0 saturated heterocycles. The summed E-state index contributed by atoms with van der Waals surface area (Å²) in [7, 11) is -3.91. The van der Waals surface area contributed by atoms with Crippen LogP contribution in [-0.4, -0.2) is 80.2 Å². The van der Waals surface area contributed by atoms with E-state index in [0.717, 1.165) is 0 Å². The van der Waals surface area contributed by atoms with Crippen molar-refractivity contribution in [1.82, 2.24) is 19.8 Å². The minimum Gasteiger partial charge on any atom is -0.394 e. The van der Waals surface area contributed by atoms with E-state index < -0.39 is 49.7 Å². The van der Waals surface area contributed by atoms with Crippen LogP contribution in [-0.2, 0) is 22.9 Å². The number of carbonyl (C=O) groups excluding carboxylic acids is 2. The van der Waals surface area contributed by atoms with Gasteiger partial charge in [0.2, 0.25) is 0 Å². The lowest BCUT2D eigenvalue weighted by atomic mass is 10.1. The Kier molecular flexibility index (Phi) is 6.93. The predicted molar refractivity (Wildman–Crippen MR) is 129 cm³/mol. The number of aliphatic hydroxyl groups is 2. The first-order valence-corrected chi connectivity index (χ1v) is 13.3. The largest absolute Gasteiger partial charge is 0.394 e. The lowest BCUT2D eigenvalue weighted by Gasteiger charge is -2.37. The Morgan fingerprint density at radius 3 is 2.64 bits per heavy atom. The van der Waals surface area contributed by atoms with Gasteiger partial charge in [-0.1, -0.05) is 17.7 Å². The molecule has 10 nitrogen and oxygen atoms in total. The molecule has 1 aromatic heterocycles. The minimum absolute atomic E-state index is 0.0217. The quantitative estimate of drug-likeness (QED) is 0.431. The summed E-state index contributed by atoms with van der Waals surface area (Å²) in [6, 6.07) is 4.19. The number of hydrogen-bond acceptors (Lipinski definition) is 7. The van der Waals surface area contributed by atoms with Gasteiger partial charge in [-0.3, -0.25) is 9.59 Å². The number of sulfone groups is 1. The fraction of sp³-hybridized carbons (Fsp3) is 0.522. The van der Waals surface area contributed by atoms with Gasteiger partial charge in [-0.25, -0.2) is 17.8 Å². The monoisotopic (exact) mass is 542 g/mol. The van der Waals surface area contributed by atoms with Crippen molar-refractivity contribution in [2.24, 2.45) is 0 Å². The second-order valence-electron chi connectivity index (χ2n) is 9.76. The average Bonchev–Trinajstić information content (AvgIpc) is 3.51. The molecule has 2 aromatic rings. The SMILES string of the molecule is CC(C)([C@@H](O)CO)S(=O)(=O)C1(CN2CCn3c(cnc3C(=O)NCc3ccc(Cl)c(F)c3)C2=O)CC1. The van der Waals surface area contributed by atoms with Crippen LogP contribution in [0.15, 0.2) is 24.4 Å². The molecule has 1 aliphatic heterocycles. The molecule has 1 fully saturated rings. The Balaban J connectivity index is 1.47. The summed E-state index contributed by atoms with van der Waals surface area (Å²) < 4.78 is 39.1. The fourth-order valence-corrected chi connectivity index (χ4v) is 7.09. The average molecular weight is 543 g/mol. The molecule has 3 N–H and O–H groups in total. The third-order valence-corrected chi connectivity index (χ3v) is 10.8. The van der Waals surface area contributed by atoms with Gasteiger partial charge in [-0.05, 0) is 44.4 Å². The van der Waals surface area contributed by atoms with Gasteiger partial charge in [0.15, 0.2) is 15.7 Å². The number of amides is 2. The summed E-state index contributed by atoms with van der Waals surface area (Å²) in [6.07, 6.45) is 0.514. The second-order valence-corrected chi connectivity index (χ2v) is 13.1. The molecule has 0 bridgehead atoms. The van der Waals surface area contributed by atoms with Crippen LogP contribution >= 0.6 is 11.6 Å². The Morgan fingerprint density at radius 2 is 2.03 bits per heavy atom. The molecule has 1 aliphatic carbocycles. The highest BCUT2D eigenvalue weighted by Gasteiger charge is 2.62. The van der Waals surface area contributed by atoms with Crippen LogP contribution in [0.4, 0.5) is 4.39 Å². The number of imidazole rings is 1. The van der Waals surface area contributed by atoms with E-state index in [1.807, 2.05) is 0 Å². The topological polar surface area (TPSA) is 142 Å². The number of aliphatic hydroxyl groups excluding tert-OH is 2. The number of aromatic nitrogens is 2. The number of fused-ring (bicyclic) bond motifs is 1. The summed E-state index contributed by atoms with van der Waals surface area (Å²) in [5.41, 5.74) is 0.662. The molecule has 196 valence electrons. The van der Waals surface area contributed by atoms with Crippen molar-refractivity contribution in [3.05, 3.63) is 52.3 Å². The fourth-order valence-electron chi connectivity index (χ4n) is 4.46. The molecule has 4 rings (SSSR count). The zero-order valence-electron chi connectivity index (χ0n) is 19.9. The second kappa shape index (κ2) is 9.40. The van der Waals surface area contributed by atoms with E-state index in [-0.39, 0.29) is 42.7 Å². The summed E-state index contributed by atoms with van der Waals surface area (Å²) >= 11 is 5.67. The molecule has 1 saturated carbocycles. The molecule has 0 unspecified atom stereocenters. The maximum atomic E-state index is 13.6. The van der Waals surface area contributed by atoms with Crippen molar-refractivity contribution in [3.8, 4) is 0 Å². The highest BCUT2D eigenvalue weighted by atomic mass is 35.5. The molecular weight excluding hydrogens is 515 g/mol. The Labute approximate surface area is 213 Å². The van der Waals surface area contributed by atoms with E-state index in [1.54, 1.807) is 6.07 Å². The molecule has 2 amide bonds. The molecule has 2 heterocycles. The minimum atomic E-state index is -3.91. The number of hydrogen-bond donors (Lipinski definition) is 3. The summed E-state index contributed by atoms with van der Waals surface area (Å²) in [6.45, 7) is 2.44. The van der Waals surface area contributed by atoms with E-state index in [9.17, 15) is 32.6 Å². The third-order valence-electron chi connectivity index (χ3n) is 7.12. The van der Waals surface area contributed by atoms with Gasteiger partial charge in [-0.15, -0.1) is 0 Å². The van der Waals surface area contributed by atoms with Crippen molar-refractivity contribution in [2.45, 2.75) is 55.4 Å². The van der Waals surface area contributed by atoms with E-state index in [0.29, 0.717) is 18.4 Å².